The normalized spacial score (nSPS) is 9.64. The van der Waals surface area contributed by atoms with Crippen molar-refractivity contribution in [1.82, 2.24) is 4.98 Å². The van der Waals surface area contributed by atoms with Gasteiger partial charge in [-0.3, -0.25) is 0 Å². The minimum Gasteiger partial charge on any atom is -0.477 e. The van der Waals surface area contributed by atoms with Crippen LogP contribution < -0.4 is 0 Å². The van der Waals surface area contributed by atoms with Gasteiger partial charge in [-0.25, -0.2) is 14.2 Å². The van der Waals surface area contributed by atoms with E-state index in [1.54, 1.807) is 0 Å². The number of rotatable bonds is 1. The van der Waals surface area contributed by atoms with E-state index in [-0.39, 0.29) is 10.7 Å². The molecule has 0 saturated carbocycles. The number of carboxylic acids is 1. The molecule has 1 aromatic rings. The summed E-state index contributed by atoms with van der Waals surface area (Å²) in [6.07, 6.45) is 0.770. The number of carbonyl (C=O) groups is 1. The van der Waals surface area contributed by atoms with E-state index >= 15 is 0 Å². The van der Waals surface area contributed by atoms with Gasteiger partial charge in [0.15, 0.2) is 5.82 Å². The van der Waals surface area contributed by atoms with Crippen molar-refractivity contribution in [1.29, 1.82) is 0 Å². The van der Waals surface area contributed by atoms with Gasteiger partial charge in [-0.15, -0.1) is 0 Å². The molecule has 0 aliphatic rings. The topological polar surface area (TPSA) is 50.2 Å². The van der Waals surface area contributed by atoms with Crippen molar-refractivity contribution < 1.29 is 14.3 Å². The Morgan fingerprint density at radius 1 is 1.73 bits per heavy atom. The molecule has 58 valence electrons. The molecule has 1 rings (SSSR count). The predicted octanol–water partition coefficient (Wildman–Crippen LogP) is 1.57. The van der Waals surface area contributed by atoms with Crippen molar-refractivity contribution >= 4 is 17.6 Å². The predicted molar refractivity (Wildman–Crippen MR) is 36.2 cm³/mol. The molecule has 0 aliphatic heterocycles. The molecule has 0 aromatic carbocycles. The fourth-order valence-electron chi connectivity index (χ4n) is 0.531. The van der Waals surface area contributed by atoms with E-state index in [4.69, 9.17) is 16.7 Å². The summed E-state index contributed by atoms with van der Waals surface area (Å²) in [6.45, 7) is 0. The lowest BCUT2D eigenvalue weighted by atomic mass is 10.3. The Morgan fingerprint density at radius 3 is 2.82 bits per heavy atom. The highest BCUT2D eigenvalue weighted by Gasteiger charge is 2.07. The van der Waals surface area contributed by atoms with Gasteiger partial charge in [0.1, 0.15) is 5.69 Å². The molecule has 1 aromatic heterocycles. The lowest BCUT2D eigenvalue weighted by molar-refractivity contribution is 0.0690. The zero-order valence-electron chi connectivity index (χ0n) is 5.21. The van der Waals surface area contributed by atoms with Crippen molar-refractivity contribution in [3.05, 3.63) is 28.8 Å². The minimum atomic E-state index is -1.23. The van der Waals surface area contributed by atoms with Crippen LogP contribution in [0.3, 0.4) is 0 Å². The van der Waals surface area contributed by atoms with Crippen LogP contribution in [0.2, 0.25) is 5.02 Å². The minimum absolute atomic E-state index is 0.239. The van der Waals surface area contributed by atoms with Gasteiger partial charge in [0, 0.05) is 0 Å². The van der Waals surface area contributed by atoms with Gasteiger partial charge in [0.2, 0.25) is 0 Å². The van der Waals surface area contributed by atoms with Crippen LogP contribution in [0, 0.1) is 5.82 Å². The molecular weight excluding hydrogens is 173 g/mol. The SMILES string of the molecule is O=C(O)c1cc(Cl)c(F)cn1. The van der Waals surface area contributed by atoms with Crippen molar-refractivity contribution in [3.63, 3.8) is 0 Å². The van der Waals surface area contributed by atoms with Gasteiger partial charge in [-0.2, -0.15) is 0 Å². The van der Waals surface area contributed by atoms with Crippen LogP contribution in [0.25, 0.3) is 0 Å². The molecule has 0 saturated heterocycles. The number of aromatic nitrogens is 1. The number of halogens is 2. The van der Waals surface area contributed by atoms with Crippen molar-refractivity contribution in [3.8, 4) is 0 Å². The Morgan fingerprint density at radius 2 is 2.36 bits per heavy atom. The van der Waals surface area contributed by atoms with Gasteiger partial charge in [-0.1, -0.05) is 11.6 Å². The van der Waals surface area contributed by atoms with Crippen molar-refractivity contribution in [2.24, 2.45) is 0 Å². The van der Waals surface area contributed by atoms with E-state index in [0.717, 1.165) is 12.3 Å². The van der Waals surface area contributed by atoms with Gasteiger partial charge >= 0.3 is 5.97 Å². The van der Waals surface area contributed by atoms with Gasteiger partial charge in [-0.05, 0) is 6.07 Å². The summed E-state index contributed by atoms with van der Waals surface area (Å²) >= 11 is 5.28. The van der Waals surface area contributed by atoms with Crippen molar-refractivity contribution in [2.75, 3.05) is 0 Å². The van der Waals surface area contributed by atoms with Crippen molar-refractivity contribution in [2.45, 2.75) is 0 Å². The molecule has 0 unspecified atom stereocenters. The highest BCUT2D eigenvalue weighted by molar-refractivity contribution is 6.30. The number of aromatic carboxylic acids is 1. The quantitative estimate of drug-likeness (QED) is 0.705. The van der Waals surface area contributed by atoms with Gasteiger partial charge in [0.25, 0.3) is 0 Å². The maximum Gasteiger partial charge on any atom is 0.354 e. The maximum absolute atomic E-state index is 12.4. The molecule has 11 heavy (non-hydrogen) atoms. The molecule has 0 amide bonds. The van der Waals surface area contributed by atoms with Crippen LogP contribution in [-0.2, 0) is 0 Å². The first-order valence-electron chi connectivity index (χ1n) is 2.65. The molecule has 3 nitrogen and oxygen atoms in total. The van der Waals surface area contributed by atoms with E-state index < -0.39 is 11.8 Å². The second kappa shape index (κ2) is 2.84. The zero-order valence-corrected chi connectivity index (χ0v) is 5.97. The van der Waals surface area contributed by atoms with Gasteiger partial charge < -0.3 is 5.11 Å². The summed E-state index contributed by atoms with van der Waals surface area (Å²) in [6, 6.07) is 0.958. The summed E-state index contributed by atoms with van der Waals surface area (Å²) in [7, 11) is 0. The number of nitrogens with zero attached hydrogens (tertiary/aromatic N) is 1. The Hall–Kier alpha value is -1.16. The highest BCUT2D eigenvalue weighted by atomic mass is 35.5. The standard InChI is InChI=1S/C6H3ClFNO2/c7-3-1-5(6(10)11)9-2-4(3)8/h1-2H,(H,10,11). The molecule has 0 radical (unpaired) electrons. The fraction of sp³-hybridized carbons (Fsp3) is 0. The largest absolute Gasteiger partial charge is 0.477 e. The Bertz CT molecular complexity index is 303. The summed E-state index contributed by atoms with van der Waals surface area (Å²) in [4.78, 5) is 13.5. The van der Waals surface area contributed by atoms with Crippen LogP contribution >= 0.6 is 11.6 Å². The van der Waals surface area contributed by atoms with E-state index in [1.807, 2.05) is 0 Å². The smallest absolute Gasteiger partial charge is 0.354 e. The summed E-state index contributed by atoms with van der Waals surface area (Å²) < 4.78 is 12.4. The van der Waals surface area contributed by atoms with Gasteiger partial charge in [0.05, 0.1) is 11.2 Å². The zero-order chi connectivity index (χ0) is 8.43. The average molecular weight is 176 g/mol. The molecule has 0 atom stereocenters. The molecule has 1 heterocycles. The first-order valence-corrected chi connectivity index (χ1v) is 3.03. The number of pyridine rings is 1. The van der Waals surface area contributed by atoms with E-state index in [1.165, 1.54) is 0 Å². The summed E-state index contributed by atoms with van der Waals surface area (Å²) in [5.74, 6) is -1.96. The first-order chi connectivity index (χ1) is 5.11. The van der Waals surface area contributed by atoms with Crippen LogP contribution in [0.1, 0.15) is 10.5 Å². The van der Waals surface area contributed by atoms with E-state index in [2.05, 4.69) is 4.98 Å². The molecule has 1 N–H and O–H groups in total. The molecule has 0 fully saturated rings. The van der Waals surface area contributed by atoms with E-state index in [0.29, 0.717) is 0 Å². The van der Waals surface area contributed by atoms with Crippen LogP contribution in [0.15, 0.2) is 12.3 Å². The molecular formula is C6H3ClFNO2. The van der Waals surface area contributed by atoms with E-state index in [9.17, 15) is 9.18 Å². The van der Waals surface area contributed by atoms with Crippen LogP contribution in [0.4, 0.5) is 4.39 Å². The second-order valence-electron chi connectivity index (χ2n) is 1.79. The number of hydrogen-bond donors (Lipinski definition) is 1. The highest BCUT2D eigenvalue weighted by Crippen LogP contribution is 2.13. The second-order valence-corrected chi connectivity index (χ2v) is 2.20. The monoisotopic (exact) mass is 175 g/mol. The summed E-state index contributed by atoms with van der Waals surface area (Å²) in [5.41, 5.74) is -0.267. The lowest BCUT2D eigenvalue weighted by Gasteiger charge is -1.94. The Kier molecular flexibility index (Phi) is 2.05. The Labute approximate surface area is 66.4 Å². The molecule has 0 spiro atoms. The Balaban J connectivity index is 3.15. The third-order valence-corrected chi connectivity index (χ3v) is 1.32. The van der Waals surface area contributed by atoms with Crippen LogP contribution in [-0.4, -0.2) is 16.1 Å². The first kappa shape index (κ1) is 7.94. The van der Waals surface area contributed by atoms with Crippen LogP contribution in [0.5, 0.6) is 0 Å². The molecule has 5 heteroatoms. The number of hydrogen-bond acceptors (Lipinski definition) is 2. The third-order valence-electron chi connectivity index (χ3n) is 1.03. The fourth-order valence-corrected chi connectivity index (χ4v) is 0.683. The maximum atomic E-state index is 12.4. The number of carboxylic acid groups (broad SMARTS) is 1. The lowest BCUT2D eigenvalue weighted by Crippen LogP contribution is -2.00. The third kappa shape index (κ3) is 1.65. The molecule has 0 bridgehead atoms. The summed E-state index contributed by atoms with van der Waals surface area (Å²) in [5, 5.41) is 8.12. The molecule has 0 aliphatic carbocycles. The average Bonchev–Trinajstić information content (AvgIpc) is 1.94.